The van der Waals surface area contributed by atoms with Crippen LogP contribution in [0.5, 0.6) is 0 Å². The monoisotopic (exact) mass is 241 g/mol. The fraction of sp³-hybridized carbons (Fsp3) is 1.00. The summed E-state index contributed by atoms with van der Waals surface area (Å²) >= 11 is 0. The number of rotatable bonds is 3. The predicted octanol–water partition coefficient (Wildman–Crippen LogP) is -3.69. The quantitative estimate of drug-likeness (QED) is 0.190. The van der Waals surface area contributed by atoms with E-state index >= 15 is 0 Å². The first-order valence-electron chi connectivity index (χ1n) is 4.20. The lowest BCUT2D eigenvalue weighted by molar-refractivity contribution is -0.822. The standard InChI is InChI=1S/C6H11NO9/c8-1-2-3(9)4(10)5(11)6(12,15-2)16-7(13)14/h2-5,8-12H,1H2/t2-,3-,4+,5-,6?/m1/s1. The van der Waals surface area contributed by atoms with Gasteiger partial charge in [0.1, 0.15) is 18.3 Å². The van der Waals surface area contributed by atoms with E-state index < -0.39 is 42.1 Å². The van der Waals surface area contributed by atoms with Crippen molar-refractivity contribution in [3.63, 3.8) is 0 Å². The van der Waals surface area contributed by atoms with Crippen molar-refractivity contribution in [1.29, 1.82) is 0 Å². The van der Waals surface area contributed by atoms with Gasteiger partial charge in [0.15, 0.2) is 6.10 Å². The van der Waals surface area contributed by atoms with Crippen LogP contribution < -0.4 is 0 Å². The molecule has 0 aromatic carbocycles. The van der Waals surface area contributed by atoms with Crippen LogP contribution in [0, 0.1) is 10.1 Å². The highest BCUT2D eigenvalue weighted by molar-refractivity contribution is 4.91. The molecular formula is C6H11NO9. The zero-order valence-electron chi connectivity index (χ0n) is 7.83. The van der Waals surface area contributed by atoms with Gasteiger partial charge in [-0.15, -0.1) is 10.1 Å². The molecule has 10 heteroatoms. The van der Waals surface area contributed by atoms with E-state index in [1.807, 2.05) is 0 Å². The van der Waals surface area contributed by atoms with Crippen LogP contribution in [0.1, 0.15) is 0 Å². The molecule has 1 rings (SSSR count). The Balaban J connectivity index is 2.89. The lowest BCUT2D eigenvalue weighted by Gasteiger charge is -2.42. The van der Waals surface area contributed by atoms with E-state index in [1.54, 1.807) is 0 Å². The van der Waals surface area contributed by atoms with Crippen LogP contribution in [0.3, 0.4) is 0 Å². The lowest BCUT2D eigenvalue weighted by atomic mass is 9.98. The van der Waals surface area contributed by atoms with Gasteiger partial charge in [0, 0.05) is 0 Å². The maximum absolute atomic E-state index is 10.0. The van der Waals surface area contributed by atoms with E-state index in [9.17, 15) is 30.5 Å². The minimum absolute atomic E-state index is 0.839. The van der Waals surface area contributed by atoms with Crippen LogP contribution in [0.4, 0.5) is 0 Å². The highest BCUT2D eigenvalue weighted by Crippen LogP contribution is 2.28. The SMILES string of the molecule is O=[N+]([O-])OC1(O)O[C@H](CO)[C@@H](O)[C@H](O)[C@H]1O. The van der Waals surface area contributed by atoms with Gasteiger partial charge in [-0.1, -0.05) is 0 Å². The molecule has 1 aliphatic rings. The van der Waals surface area contributed by atoms with E-state index in [0.717, 1.165) is 0 Å². The predicted molar refractivity (Wildman–Crippen MR) is 43.0 cm³/mol. The average Bonchev–Trinajstić information content (AvgIpc) is 2.20. The summed E-state index contributed by atoms with van der Waals surface area (Å²) in [6.45, 7) is -0.839. The van der Waals surface area contributed by atoms with Crippen molar-refractivity contribution >= 4 is 0 Å². The Labute approximate surface area is 88.4 Å². The molecule has 94 valence electrons. The van der Waals surface area contributed by atoms with Gasteiger partial charge in [-0.3, -0.25) is 0 Å². The third-order valence-corrected chi connectivity index (χ3v) is 2.13. The lowest BCUT2D eigenvalue weighted by Crippen LogP contribution is -2.66. The molecule has 0 bridgehead atoms. The average molecular weight is 241 g/mol. The van der Waals surface area contributed by atoms with E-state index in [0.29, 0.717) is 0 Å². The number of hydrogen-bond donors (Lipinski definition) is 5. The summed E-state index contributed by atoms with van der Waals surface area (Å²) in [6, 6.07) is 0. The van der Waals surface area contributed by atoms with Gasteiger partial charge in [-0.25, -0.2) is 4.84 Å². The van der Waals surface area contributed by atoms with Crippen LogP contribution in [0.25, 0.3) is 0 Å². The Bertz CT molecular complexity index is 271. The second kappa shape index (κ2) is 4.45. The van der Waals surface area contributed by atoms with Crippen molar-refractivity contribution in [1.82, 2.24) is 0 Å². The summed E-state index contributed by atoms with van der Waals surface area (Å²) in [6.07, 6.45) is -7.45. The van der Waals surface area contributed by atoms with Crippen molar-refractivity contribution < 1.29 is 40.2 Å². The summed E-state index contributed by atoms with van der Waals surface area (Å²) in [7, 11) is 0. The van der Waals surface area contributed by atoms with Gasteiger partial charge in [0.25, 0.3) is 5.09 Å². The van der Waals surface area contributed by atoms with Crippen LogP contribution in [0.15, 0.2) is 0 Å². The first-order chi connectivity index (χ1) is 7.31. The second-order valence-electron chi connectivity index (χ2n) is 3.21. The minimum atomic E-state index is -3.13. The van der Waals surface area contributed by atoms with Gasteiger partial charge in [0.2, 0.25) is 0 Å². The van der Waals surface area contributed by atoms with Crippen LogP contribution in [-0.4, -0.2) is 67.6 Å². The maximum Gasteiger partial charge on any atom is 0.352 e. The number of nitrogens with zero attached hydrogens (tertiary/aromatic N) is 1. The zero-order chi connectivity index (χ0) is 12.5. The van der Waals surface area contributed by atoms with Gasteiger partial charge in [0.05, 0.1) is 6.61 Å². The molecule has 5 N–H and O–H groups in total. The van der Waals surface area contributed by atoms with Gasteiger partial charge >= 0.3 is 5.97 Å². The molecule has 0 saturated carbocycles. The van der Waals surface area contributed by atoms with Gasteiger partial charge in [-0.2, -0.15) is 0 Å². The third-order valence-electron chi connectivity index (χ3n) is 2.13. The molecule has 1 saturated heterocycles. The Morgan fingerprint density at radius 2 is 1.94 bits per heavy atom. The normalized spacial score (nSPS) is 44.1. The smallest absolute Gasteiger partial charge is 0.352 e. The number of aliphatic hydroxyl groups is 5. The van der Waals surface area contributed by atoms with Gasteiger partial charge in [-0.05, 0) is 0 Å². The van der Waals surface area contributed by atoms with E-state index in [-0.39, 0.29) is 0 Å². The van der Waals surface area contributed by atoms with Crippen molar-refractivity contribution in [3.8, 4) is 0 Å². The van der Waals surface area contributed by atoms with Crippen LogP contribution in [0.2, 0.25) is 0 Å². The zero-order valence-corrected chi connectivity index (χ0v) is 7.83. The summed E-state index contributed by atoms with van der Waals surface area (Å²) in [4.78, 5) is 13.7. The van der Waals surface area contributed by atoms with E-state index in [1.165, 1.54) is 0 Å². The molecular weight excluding hydrogens is 230 g/mol. The summed E-state index contributed by atoms with van der Waals surface area (Å²) in [5.41, 5.74) is 0. The molecule has 0 spiro atoms. The van der Waals surface area contributed by atoms with E-state index in [4.69, 9.17) is 5.11 Å². The first-order valence-corrected chi connectivity index (χ1v) is 4.20. The van der Waals surface area contributed by atoms with Gasteiger partial charge < -0.3 is 30.3 Å². The minimum Gasteiger partial charge on any atom is -0.394 e. The molecule has 0 aromatic rings. The van der Waals surface area contributed by atoms with Crippen LogP contribution in [-0.2, 0) is 9.57 Å². The molecule has 0 radical (unpaired) electrons. The number of ether oxygens (including phenoxy) is 1. The van der Waals surface area contributed by atoms with E-state index in [2.05, 4.69) is 9.57 Å². The van der Waals surface area contributed by atoms with Crippen molar-refractivity contribution in [2.75, 3.05) is 6.61 Å². The van der Waals surface area contributed by atoms with Crippen molar-refractivity contribution in [3.05, 3.63) is 10.1 Å². The second-order valence-corrected chi connectivity index (χ2v) is 3.21. The first kappa shape index (κ1) is 13.0. The molecule has 10 nitrogen and oxygen atoms in total. The van der Waals surface area contributed by atoms with Crippen molar-refractivity contribution in [2.45, 2.75) is 30.4 Å². The Morgan fingerprint density at radius 1 is 1.38 bits per heavy atom. The fourth-order valence-electron chi connectivity index (χ4n) is 1.31. The Morgan fingerprint density at radius 3 is 2.38 bits per heavy atom. The third kappa shape index (κ3) is 2.21. The highest BCUT2D eigenvalue weighted by atomic mass is 17.0. The molecule has 0 aromatic heterocycles. The Hall–Kier alpha value is -1.04. The number of hydrogen-bond acceptors (Lipinski definition) is 9. The summed E-state index contributed by atoms with van der Waals surface area (Å²) in [5.74, 6) is -3.13. The molecule has 1 fully saturated rings. The highest BCUT2D eigenvalue weighted by Gasteiger charge is 2.55. The molecule has 1 unspecified atom stereocenters. The molecule has 1 heterocycles. The molecule has 5 atom stereocenters. The topological polar surface area (TPSA) is 163 Å². The molecule has 1 aliphatic heterocycles. The largest absolute Gasteiger partial charge is 0.394 e. The molecule has 0 amide bonds. The van der Waals surface area contributed by atoms with Crippen LogP contribution >= 0.6 is 0 Å². The summed E-state index contributed by atoms with van der Waals surface area (Å²) < 4.78 is 4.41. The fourth-order valence-corrected chi connectivity index (χ4v) is 1.31. The van der Waals surface area contributed by atoms with Crippen molar-refractivity contribution in [2.24, 2.45) is 0 Å². The maximum atomic E-state index is 10.0. The molecule has 16 heavy (non-hydrogen) atoms. The molecule has 0 aliphatic carbocycles. The number of aliphatic hydroxyl groups excluding tert-OH is 4. The summed E-state index contributed by atoms with van der Waals surface area (Å²) in [5, 5.41) is 54.4. The Kier molecular flexibility index (Phi) is 3.62.